The average Bonchev–Trinajstić information content (AvgIpc) is 2.64. The minimum absolute atomic E-state index is 0.00140. The molecule has 1 saturated heterocycles. The van der Waals surface area contributed by atoms with Gasteiger partial charge in [0.2, 0.25) is 5.91 Å². The van der Waals surface area contributed by atoms with Gasteiger partial charge in [0.25, 0.3) is 0 Å². The molecule has 0 spiro atoms. The molecule has 0 radical (unpaired) electrons. The van der Waals surface area contributed by atoms with Crippen molar-refractivity contribution in [1.82, 2.24) is 4.98 Å². The molecule has 0 bridgehead atoms. The van der Waals surface area contributed by atoms with Gasteiger partial charge in [-0.25, -0.2) is 4.98 Å². The predicted molar refractivity (Wildman–Crippen MR) is 108 cm³/mol. The second-order valence-electron chi connectivity index (χ2n) is 7.30. The maximum absolute atomic E-state index is 11.8. The van der Waals surface area contributed by atoms with Crippen LogP contribution in [0.2, 0.25) is 0 Å². The van der Waals surface area contributed by atoms with Gasteiger partial charge in [-0.1, -0.05) is 13.8 Å². The molecular formula is C21H28N4O. The number of aromatic nitrogens is 1. The highest BCUT2D eigenvalue weighted by molar-refractivity contribution is 5.89. The number of nitrogens with zero attached hydrogens (tertiary/aromatic N) is 2. The van der Waals surface area contributed by atoms with Crippen molar-refractivity contribution in [3.63, 3.8) is 0 Å². The summed E-state index contributed by atoms with van der Waals surface area (Å²) in [5.41, 5.74) is 3.22. The van der Waals surface area contributed by atoms with Crippen molar-refractivity contribution in [3.05, 3.63) is 42.6 Å². The Kier molecular flexibility index (Phi) is 6.10. The van der Waals surface area contributed by atoms with E-state index >= 15 is 0 Å². The summed E-state index contributed by atoms with van der Waals surface area (Å²) in [5.74, 6) is 0.923. The Balaban J connectivity index is 1.56. The second-order valence-corrected chi connectivity index (χ2v) is 7.30. The van der Waals surface area contributed by atoms with E-state index in [1.165, 1.54) is 24.9 Å². The number of hydrogen-bond donors (Lipinski definition) is 2. The van der Waals surface area contributed by atoms with E-state index in [9.17, 15) is 4.79 Å². The molecule has 1 fully saturated rings. The van der Waals surface area contributed by atoms with Crippen LogP contribution in [-0.2, 0) is 4.79 Å². The van der Waals surface area contributed by atoms with Crippen LogP contribution in [0.1, 0.15) is 39.5 Å². The normalized spacial score (nSPS) is 14.3. The van der Waals surface area contributed by atoms with Crippen LogP contribution in [0.4, 0.5) is 22.9 Å². The predicted octanol–water partition coefficient (Wildman–Crippen LogP) is 4.80. The zero-order valence-electron chi connectivity index (χ0n) is 15.7. The number of carbonyl (C=O) groups excluding carboxylic acids is 1. The Hall–Kier alpha value is -2.56. The minimum atomic E-state index is 0.00140. The highest BCUT2D eigenvalue weighted by Gasteiger charge is 2.10. The van der Waals surface area contributed by atoms with Crippen LogP contribution in [0.3, 0.4) is 0 Å². The second kappa shape index (κ2) is 8.70. The third-order valence-corrected chi connectivity index (χ3v) is 4.50. The largest absolute Gasteiger partial charge is 0.372 e. The van der Waals surface area contributed by atoms with Crippen LogP contribution in [0, 0.1) is 5.92 Å². The van der Waals surface area contributed by atoms with Crippen molar-refractivity contribution in [2.24, 2.45) is 5.92 Å². The smallest absolute Gasteiger partial charge is 0.225 e. The molecule has 138 valence electrons. The third kappa shape index (κ3) is 5.22. The molecule has 1 amide bonds. The number of pyridine rings is 1. The molecule has 0 atom stereocenters. The molecule has 1 aromatic heterocycles. The van der Waals surface area contributed by atoms with E-state index in [0.29, 0.717) is 18.2 Å². The maximum Gasteiger partial charge on any atom is 0.225 e. The first-order valence-corrected chi connectivity index (χ1v) is 9.48. The zero-order valence-corrected chi connectivity index (χ0v) is 15.7. The molecule has 0 aliphatic carbocycles. The van der Waals surface area contributed by atoms with Gasteiger partial charge in [0.15, 0.2) is 0 Å². The fourth-order valence-electron chi connectivity index (χ4n) is 3.18. The third-order valence-electron chi connectivity index (χ3n) is 4.50. The van der Waals surface area contributed by atoms with Crippen molar-refractivity contribution < 1.29 is 4.79 Å². The number of carbonyl (C=O) groups is 1. The first-order chi connectivity index (χ1) is 12.6. The lowest BCUT2D eigenvalue weighted by atomic mass is 10.1. The molecule has 26 heavy (non-hydrogen) atoms. The number of benzene rings is 1. The van der Waals surface area contributed by atoms with E-state index in [2.05, 4.69) is 44.8 Å². The van der Waals surface area contributed by atoms with Gasteiger partial charge in [0.05, 0.1) is 11.9 Å². The highest BCUT2D eigenvalue weighted by Crippen LogP contribution is 2.23. The Bertz CT molecular complexity index is 704. The van der Waals surface area contributed by atoms with Crippen molar-refractivity contribution in [1.29, 1.82) is 0 Å². The van der Waals surface area contributed by atoms with Gasteiger partial charge >= 0.3 is 0 Å². The average molecular weight is 352 g/mol. The molecule has 0 unspecified atom stereocenters. The van der Waals surface area contributed by atoms with Gasteiger partial charge in [0.1, 0.15) is 5.82 Å². The summed E-state index contributed by atoms with van der Waals surface area (Å²) >= 11 is 0. The molecule has 2 heterocycles. The van der Waals surface area contributed by atoms with Crippen LogP contribution < -0.4 is 15.5 Å². The number of piperidine rings is 1. The van der Waals surface area contributed by atoms with Crippen LogP contribution >= 0.6 is 0 Å². The lowest BCUT2D eigenvalue weighted by Crippen LogP contribution is -2.29. The summed E-state index contributed by atoms with van der Waals surface area (Å²) in [6.07, 6.45) is 6.16. The Morgan fingerprint density at radius 1 is 1.04 bits per heavy atom. The minimum Gasteiger partial charge on any atom is -0.372 e. The van der Waals surface area contributed by atoms with E-state index in [1.807, 2.05) is 26.0 Å². The lowest BCUT2D eigenvalue weighted by molar-refractivity contribution is -0.116. The maximum atomic E-state index is 11.8. The number of hydrogen-bond acceptors (Lipinski definition) is 4. The summed E-state index contributed by atoms with van der Waals surface area (Å²) in [5, 5.41) is 6.18. The quantitative estimate of drug-likeness (QED) is 0.784. The van der Waals surface area contributed by atoms with E-state index in [1.54, 1.807) is 6.20 Å². The first kappa shape index (κ1) is 18.2. The van der Waals surface area contributed by atoms with Gasteiger partial charge in [0, 0.05) is 30.9 Å². The van der Waals surface area contributed by atoms with E-state index in [-0.39, 0.29) is 5.91 Å². The summed E-state index contributed by atoms with van der Waals surface area (Å²) in [7, 11) is 0. The van der Waals surface area contributed by atoms with Crippen LogP contribution in [0.5, 0.6) is 0 Å². The molecule has 1 aliphatic rings. The SMILES string of the molecule is CC(C)CC(=O)Nc1ccc(Nc2ccc(N3CCCCC3)cc2)cn1. The van der Waals surface area contributed by atoms with E-state index < -0.39 is 0 Å². The van der Waals surface area contributed by atoms with Crippen molar-refractivity contribution in [3.8, 4) is 0 Å². The monoisotopic (exact) mass is 352 g/mol. The van der Waals surface area contributed by atoms with Gasteiger partial charge in [-0.15, -0.1) is 0 Å². The number of nitrogens with one attached hydrogen (secondary N) is 2. The van der Waals surface area contributed by atoms with Gasteiger partial charge < -0.3 is 15.5 Å². The zero-order chi connectivity index (χ0) is 18.4. The van der Waals surface area contributed by atoms with Crippen LogP contribution in [0.15, 0.2) is 42.6 Å². The topological polar surface area (TPSA) is 57.3 Å². The van der Waals surface area contributed by atoms with Crippen molar-refractivity contribution in [2.45, 2.75) is 39.5 Å². The number of amides is 1. The fraction of sp³-hybridized carbons (Fsp3) is 0.429. The van der Waals surface area contributed by atoms with Gasteiger partial charge in [-0.05, 0) is 61.6 Å². The highest BCUT2D eigenvalue weighted by atomic mass is 16.1. The Labute approximate surface area is 155 Å². The number of rotatable bonds is 6. The van der Waals surface area contributed by atoms with Gasteiger partial charge in [-0.2, -0.15) is 0 Å². The van der Waals surface area contributed by atoms with Crippen molar-refractivity contribution in [2.75, 3.05) is 28.6 Å². The molecule has 1 aromatic carbocycles. The van der Waals surface area contributed by atoms with Crippen LogP contribution in [-0.4, -0.2) is 24.0 Å². The molecule has 5 heteroatoms. The summed E-state index contributed by atoms with van der Waals surface area (Å²) in [6, 6.07) is 12.3. The summed E-state index contributed by atoms with van der Waals surface area (Å²) < 4.78 is 0. The summed E-state index contributed by atoms with van der Waals surface area (Å²) in [4.78, 5) is 18.5. The Morgan fingerprint density at radius 3 is 2.35 bits per heavy atom. The van der Waals surface area contributed by atoms with Crippen molar-refractivity contribution >= 4 is 28.8 Å². The molecule has 1 aliphatic heterocycles. The molecule has 2 N–H and O–H groups in total. The molecular weight excluding hydrogens is 324 g/mol. The summed E-state index contributed by atoms with van der Waals surface area (Å²) in [6.45, 7) is 6.36. The van der Waals surface area contributed by atoms with Gasteiger partial charge in [-0.3, -0.25) is 4.79 Å². The first-order valence-electron chi connectivity index (χ1n) is 9.48. The van der Waals surface area contributed by atoms with Crippen LogP contribution in [0.25, 0.3) is 0 Å². The standard InChI is InChI=1S/C21H28N4O/c1-16(2)14-21(26)24-20-11-8-18(15-22-20)23-17-6-9-19(10-7-17)25-12-4-3-5-13-25/h6-11,15-16,23H,3-5,12-14H2,1-2H3,(H,22,24,26). The number of anilines is 4. The lowest BCUT2D eigenvalue weighted by Gasteiger charge is -2.28. The van der Waals surface area contributed by atoms with E-state index in [4.69, 9.17) is 0 Å². The van der Waals surface area contributed by atoms with E-state index in [0.717, 1.165) is 24.5 Å². The molecule has 0 saturated carbocycles. The molecule has 2 aromatic rings. The molecule has 5 nitrogen and oxygen atoms in total. The fourth-order valence-corrected chi connectivity index (χ4v) is 3.18. The molecule has 3 rings (SSSR count). The Morgan fingerprint density at radius 2 is 1.73 bits per heavy atom.